The van der Waals surface area contributed by atoms with Crippen molar-refractivity contribution in [2.75, 3.05) is 27.1 Å². The number of fused-ring (bicyclic) bond motifs is 1. The summed E-state index contributed by atoms with van der Waals surface area (Å²) in [6.45, 7) is -6.00. The van der Waals surface area contributed by atoms with Crippen LogP contribution in [-0.2, 0) is 4.74 Å². The lowest BCUT2D eigenvalue weighted by molar-refractivity contribution is 0.0493. The highest BCUT2D eigenvalue weighted by Gasteiger charge is 2.13. The smallest absolute Gasteiger partial charge is 0.338 e. The van der Waals surface area contributed by atoms with Gasteiger partial charge in [-0.05, 0) is 56.8 Å². The van der Waals surface area contributed by atoms with Gasteiger partial charge < -0.3 is 14.1 Å². The average molecular weight is 399 g/mol. The van der Waals surface area contributed by atoms with Gasteiger partial charge in [0.25, 0.3) is 0 Å². The first kappa shape index (κ1) is 12.3. The van der Waals surface area contributed by atoms with E-state index < -0.39 is 19.9 Å². The summed E-state index contributed by atoms with van der Waals surface area (Å²) in [7, 11) is 0. The fraction of sp³-hybridized carbons (Fsp3) is 0.263. The van der Waals surface area contributed by atoms with Gasteiger partial charge in [-0.1, -0.05) is 23.2 Å². The zero-order valence-corrected chi connectivity index (χ0v) is 15.0. The Balaban J connectivity index is 1.66. The average Bonchev–Trinajstić information content (AvgIpc) is 3.08. The minimum atomic E-state index is -2.78. The van der Waals surface area contributed by atoms with Crippen molar-refractivity contribution >= 4 is 40.3 Å². The van der Waals surface area contributed by atoms with Crippen LogP contribution >= 0.6 is 23.2 Å². The zero-order chi connectivity index (χ0) is 23.7. The first-order chi connectivity index (χ1) is 14.8. The Morgan fingerprint density at radius 2 is 2.00 bits per heavy atom. The van der Waals surface area contributed by atoms with Crippen molar-refractivity contribution in [3.63, 3.8) is 0 Å². The molecule has 0 radical (unpaired) electrons. The maximum Gasteiger partial charge on any atom is 0.338 e. The molecule has 0 unspecified atom stereocenters. The molecular formula is C19H18Cl2N2O3. The molecule has 1 aromatic heterocycles. The predicted octanol–water partition coefficient (Wildman–Crippen LogP) is 4.91. The van der Waals surface area contributed by atoms with Crippen molar-refractivity contribution in [2.24, 2.45) is 0 Å². The van der Waals surface area contributed by atoms with Gasteiger partial charge in [0.15, 0.2) is 5.58 Å². The third-order valence-electron chi connectivity index (χ3n) is 3.49. The van der Waals surface area contributed by atoms with E-state index in [1.54, 1.807) is 24.3 Å². The molecule has 0 aliphatic heterocycles. The Hall–Kier alpha value is -2.08. The fourth-order valence-corrected chi connectivity index (χ4v) is 2.85. The molecule has 0 fully saturated rings. The second-order valence-corrected chi connectivity index (χ2v) is 6.37. The summed E-state index contributed by atoms with van der Waals surface area (Å²) in [6.07, 6.45) is 0.0345. The van der Waals surface area contributed by atoms with Crippen molar-refractivity contribution in [3.05, 3.63) is 52.0 Å². The summed E-state index contributed by atoms with van der Waals surface area (Å²) in [5.41, 5.74) is 1.64. The number of carbonyl (C=O) groups is 1. The van der Waals surface area contributed by atoms with E-state index in [0.717, 1.165) is 0 Å². The number of rotatable bonds is 6. The lowest BCUT2D eigenvalue weighted by atomic mass is 10.2. The Labute approximate surface area is 169 Å². The van der Waals surface area contributed by atoms with Gasteiger partial charge in [0, 0.05) is 30.4 Å². The first-order valence-electron chi connectivity index (χ1n) is 10.7. The fourth-order valence-electron chi connectivity index (χ4n) is 2.32. The third kappa shape index (κ3) is 4.55. The van der Waals surface area contributed by atoms with Crippen molar-refractivity contribution in [2.45, 2.75) is 6.42 Å². The minimum Gasteiger partial charge on any atom is -0.462 e. The molecule has 0 aliphatic carbocycles. The zero-order valence-electron chi connectivity index (χ0n) is 19.5. The van der Waals surface area contributed by atoms with Gasteiger partial charge in [0.2, 0.25) is 5.89 Å². The molecule has 0 aliphatic rings. The van der Waals surface area contributed by atoms with Crippen LogP contribution in [0.15, 0.2) is 40.8 Å². The monoisotopic (exact) mass is 398 g/mol. The van der Waals surface area contributed by atoms with E-state index in [9.17, 15) is 4.79 Å². The van der Waals surface area contributed by atoms with E-state index in [-0.39, 0.29) is 31.0 Å². The number of oxazole rings is 1. The molecule has 1 heterocycles. The number of nitrogens with zero attached hydrogens (tertiary/aromatic N) is 2. The summed E-state index contributed by atoms with van der Waals surface area (Å²) in [4.78, 5) is 17.1. The molecule has 7 heteroatoms. The molecule has 136 valence electrons. The van der Waals surface area contributed by atoms with E-state index in [1.165, 1.54) is 12.1 Å². The summed E-state index contributed by atoms with van der Waals surface area (Å²) in [5.74, 6) is -0.380. The normalized spacial score (nSPS) is 15.7. The topological polar surface area (TPSA) is 55.6 Å². The molecule has 0 amide bonds. The standard InChI is InChI=1S/C19H18Cl2N2O3/c1-23(2)6-3-7-25-19(24)12-4-5-16-17(10-12)26-18(22-16)13-8-14(20)11-15(21)9-13/h4-5,8-11H,3,6-7H2,1-2H3/i1D3,2D3. The largest absolute Gasteiger partial charge is 0.462 e. The second kappa shape index (κ2) is 8.08. The van der Waals surface area contributed by atoms with Gasteiger partial charge >= 0.3 is 5.97 Å². The van der Waals surface area contributed by atoms with Gasteiger partial charge in [-0.3, -0.25) is 0 Å². The van der Waals surface area contributed by atoms with Gasteiger partial charge in [0.05, 0.1) is 12.2 Å². The van der Waals surface area contributed by atoms with E-state index in [2.05, 4.69) is 4.98 Å². The maximum atomic E-state index is 12.3. The van der Waals surface area contributed by atoms with Gasteiger partial charge in [-0.15, -0.1) is 0 Å². The lowest BCUT2D eigenvalue weighted by Crippen LogP contribution is -2.16. The van der Waals surface area contributed by atoms with Crippen LogP contribution in [0.3, 0.4) is 0 Å². The van der Waals surface area contributed by atoms with Crippen LogP contribution in [0, 0.1) is 0 Å². The maximum absolute atomic E-state index is 12.3. The van der Waals surface area contributed by atoms with E-state index in [4.69, 9.17) is 40.6 Å². The van der Waals surface area contributed by atoms with Crippen LogP contribution in [-0.4, -0.2) is 43.0 Å². The highest BCUT2D eigenvalue weighted by Crippen LogP contribution is 2.29. The van der Waals surface area contributed by atoms with Crippen LogP contribution in [0.25, 0.3) is 22.6 Å². The number of hydrogen-bond donors (Lipinski definition) is 0. The van der Waals surface area contributed by atoms with E-state index in [1.807, 2.05) is 0 Å². The van der Waals surface area contributed by atoms with Crippen molar-refractivity contribution in [3.8, 4) is 11.5 Å². The van der Waals surface area contributed by atoms with E-state index >= 15 is 0 Å². The molecule has 0 spiro atoms. The van der Waals surface area contributed by atoms with Crippen molar-refractivity contribution < 1.29 is 22.2 Å². The Bertz CT molecular complexity index is 1100. The highest BCUT2D eigenvalue weighted by molar-refractivity contribution is 6.35. The minimum absolute atomic E-state index is 0.0345. The van der Waals surface area contributed by atoms with Crippen LogP contribution < -0.4 is 0 Å². The highest BCUT2D eigenvalue weighted by atomic mass is 35.5. The molecule has 3 aromatic rings. The predicted molar refractivity (Wildman–Crippen MR) is 103 cm³/mol. The van der Waals surface area contributed by atoms with Crippen LogP contribution in [0.1, 0.15) is 25.0 Å². The Kier molecular flexibility index (Phi) is 3.83. The van der Waals surface area contributed by atoms with Gasteiger partial charge in [-0.2, -0.15) is 0 Å². The number of benzene rings is 2. The number of halogens is 2. The molecule has 5 nitrogen and oxygen atoms in total. The quantitative estimate of drug-likeness (QED) is 0.436. The summed E-state index contributed by atoms with van der Waals surface area (Å²) in [6, 6.07) is 9.45. The molecule has 0 atom stereocenters. The Morgan fingerprint density at radius 1 is 1.23 bits per heavy atom. The number of esters is 1. The van der Waals surface area contributed by atoms with Crippen LogP contribution in [0.2, 0.25) is 10.0 Å². The lowest BCUT2D eigenvalue weighted by Gasteiger charge is -2.09. The SMILES string of the molecule is [2H]C([2H])([2H])N(CCCOC(=O)c1ccc2nc(-c3cc(Cl)cc(Cl)c3)oc2c1)C([2H])([2H])[2H]. The summed E-state index contributed by atoms with van der Waals surface area (Å²) >= 11 is 12.0. The van der Waals surface area contributed by atoms with Crippen molar-refractivity contribution in [1.82, 2.24) is 9.88 Å². The van der Waals surface area contributed by atoms with Crippen LogP contribution in [0.5, 0.6) is 0 Å². The number of aromatic nitrogens is 1. The molecular weight excluding hydrogens is 375 g/mol. The molecule has 26 heavy (non-hydrogen) atoms. The molecule has 0 saturated carbocycles. The van der Waals surface area contributed by atoms with Gasteiger partial charge in [0.1, 0.15) is 5.52 Å². The number of ether oxygens (including phenoxy) is 1. The molecule has 0 saturated heterocycles. The van der Waals surface area contributed by atoms with Crippen molar-refractivity contribution in [1.29, 1.82) is 0 Å². The molecule has 0 N–H and O–H groups in total. The third-order valence-corrected chi connectivity index (χ3v) is 3.93. The van der Waals surface area contributed by atoms with Gasteiger partial charge in [-0.25, -0.2) is 9.78 Å². The molecule has 0 bridgehead atoms. The summed E-state index contributed by atoms with van der Waals surface area (Å²) in [5, 5.41) is 0.851. The number of hydrogen-bond acceptors (Lipinski definition) is 5. The van der Waals surface area contributed by atoms with Crippen LogP contribution in [0.4, 0.5) is 0 Å². The molecule has 2 aromatic carbocycles. The Morgan fingerprint density at radius 3 is 2.73 bits per heavy atom. The first-order valence-corrected chi connectivity index (χ1v) is 8.42. The second-order valence-electron chi connectivity index (χ2n) is 5.50. The summed E-state index contributed by atoms with van der Waals surface area (Å²) < 4.78 is 54.8. The van der Waals surface area contributed by atoms with E-state index in [0.29, 0.717) is 31.6 Å². The molecule has 3 rings (SSSR count). The number of carbonyl (C=O) groups excluding carboxylic acids is 1.